The van der Waals surface area contributed by atoms with Crippen LogP contribution in [0.4, 0.5) is 11.4 Å². The minimum Gasteiger partial charge on any atom is -0.384 e. The van der Waals surface area contributed by atoms with Gasteiger partial charge in [0.05, 0.1) is 0 Å². The highest BCUT2D eigenvalue weighted by molar-refractivity contribution is 5.56. The Hall–Kier alpha value is -2.00. The first-order chi connectivity index (χ1) is 10.3. The molecule has 0 aliphatic carbocycles. The number of anilines is 2. The fraction of sp³-hybridized carbons (Fsp3) is 0.368. The Morgan fingerprint density at radius 3 is 1.36 bits per heavy atom. The van der Waals surface area contributed by atoms with Crippen molar-refractivity contribution in [2.24, 2.45) is 0 Å². The Kier molecular flexibility index (Phi) is 4.77. The monoisotopic (exact) mass is 298 g/mol. The molecule has 0 heterocycles. The van der Waals surface area contributed by atoms with Crippen LogP contribution in [0.1, 0.15) is 28.4 Å². The number of hydrogen-bond donors (Lipinski definition) is 1. The predicted octanol–water partition coefficient (Wildman–Crippen LogP) is 3.52. The van der Waals surface area contributed by atoms with Gasteiger partial charge in [-0.15, -0.1) is 0 Å². The maximum atomic E-state index is 10.7. The summed E-state index contributed by atoms with van der Waals surface area (Å²) in [5, 5.41) is 10.7. The third-order valence-electron chi connectivity index (χ3n) is 4.04. The Morgan fingerprint density at radius 2 is 1.09 bits per heavy atom. The standard InChI is InChI=1S/C19H26N2O/c1-13-11-15(7-9-17(13)20(3)4)19(22)16-8-10-18(21(5)6)14(2)12-16/h7-12,19,22H,1-6H3. The van der Waals surface area contributed by atoms with Crippen molar-refractivity contribution in [3.63, 3.8) is 0 Å². The van der Waals surface area contributed by atoms with Gasteiger partial charge in [-0.2, -0.15) is 0 Å². The summed E-state index contributed by atoms with van der Waals surface area (Å²) in [6.45, 7) is 4.15. The van der Waals surface area contributed by atoms with Crippen LogP contribution in [0.5, 0.6) is 0 Å². The van der Waals surface area contributed by atoms with Crippen LogP contribution in [0.3, 0.4) is 0 Å². The van der Waals surface area contributed by atoms with Gasteiger partial charge in [0, 0.05) is 39.6 Å². The minimum atomic E-state index is -0.593. The molecule has 0 atom stereocenters. The molecular weight excluding hydrogens is 272 g/mol. The number of aryl methyl sites for hydroxylation is 2. The van der Waals surface area contributed by atoms with Crippen molar-refractivity contribution in [2.45, 2.75) is 20.0 Å². The molecule has 0 spiro atoms. The van der Waals surface area contributed by atoms with E-state index in [1.54, 1.807) is 0 Å². The van der Waals surface area contributed by atoms with Crippen molar-refractivity contribution < 1.29 is 5.11 Å². The summed E-state index contributed by atoms with van der Waals surface area (Å²) in [5.74, 6) is 0. The van der Waals surface area contributed by atoms with Crippen LogP contribution in [0.25, 0.3) is 0 Å². The van der Waals surface area contributed by atoms with Crippen molar-refractivity contribution in [3.05, 3.63) is 58.7 Å². The first-order valence-corrected chi connectivity index (χ1v) is 7.55. The van der Waals surface area contributed by atoms with Gasteiger partial charge in [-0.3, -0.25) is 0 Å². The van der Waals surface area contributed by atoms with E-state index in [2.05, 4.69) is 47.9 Å². The lowest BCUT2D eigenvalue weighted by molar-refractivity contribution is 0.220. The largest absolute Gasteiger partial charge is 0.384 e. The molecular formula is C19H26N2O. The fourth-order valence-corrected chi connectivity index (χ4v) is 2.89. The molecule has 0 bridgehead atoms. The molecule has 118 valence electrons. The molecule has 2 aromatic carbocycles. The van der Waals surface area contributed by atoms with E-state index in [0.717, 1.165) is 11.1 Å². The van der Waals surface area contributed by atoms with Gasteiger partial charge in [0.2, 0.25) is 0 Å². The quantitative estimate of drug-likeness (QED) is 0.935. The van der Waals surface area contributed by atoms with E-state index < -0.39 is 6.10 Å². The average molecular weight is 298 g/mol. The van der Waals surface area contributed by atoms with E-state index in [4.69, 9.17) is 0 Å². The number of benzene rings is 2. The Morgan fingerprint density at radius 1 is 0.727 bits per heavy atom. The summed E-state index contributed by atoms with van der Waals surface area (Å²) in [5.41, 5.74) is 6.55. The van der Waals surface area contributed by atoms with Gasteiger partial charge in [-0.05, 0) is 48.2 Å². The van der Waals surface area contributed by atoms with Crippen molar-refractivity contribution in [3.8, 4) is 0 Å². The molecule has 0 saturated heterocycles. The maximum Gasteiger partial charge on any atom is 0.104 e. The van der Waals surface area contributed by atoms with Crippen LogP contribution < -0.4 is 9.80 Å². The molecule has 0 amide bonds. The topological polar surface area (TPSA) is 26.7 Å². The summed E-state index contributed by atoms with van der Waals surface area (Å²) < 4.78 is 0. The van der Waals surface area contributed by atoms with Crippen LogP contribution in [0, 0.1) is 13.8 Å². The minimum absolute atomic E-state index is 0.593. The molecule has 0 aromatic heterocycles. The normalized spacial score (nSPS) is 10.9. The molecule has 2 rings (SSSR count). The van der Waals surface area contributed by atoms with Crippen molar-refractivity contribution in [2.75, 3.05) is 38.0 Å². The molecule has 0 aliphatic rings. The Balaban J connectivity index is 2.34. The van der Waals surface area contributed by atoms with Crippen LogP contribution in [-0.2, 0) is 0 Å². The summed E-state index contributed by atoms with van der Waals surface area (Å²) in [4.78, 5) is 4.17. The molecule has 0 fully saturated rings. The number of aliphatic hydroxyl groups excluding tert-OH is 1. The van der Waals surface area contributed by atoms with E-state index in [0.29, 0.717) is 0 Å². The summed E-state index contributed by atoms with van der Waals surface area (Å²) in [6, 6.07) is 12.3. The zero-order chi connectivity index (χ0) is 16.4. The second-order valence-corrected chi connectivity index (χ2v) is 6.28. The number of hydrogen-bond acceptors (Lipinski definition) is 3. The number of aliphatic hydroxyl groups is 1. The smallest absolute Gasteiger partial charge is 0.104 e. The number of rotatable bonds is 4. The van der Waals surface area contributed by atoms with Gasteiger partial charge in [-0.25, -0.2) is 0 Å². The van der Waals surface area contributed by atoms with Gasteiger partial charge >= 0.3 is 0 Å². The molecule has 0 unspecified atom stereocenters. The first-order valence-electron chi connectivity index (χ1n) is 7.55. The second-order valence-electron chi connectivity index (χ2n) is 6.28. The zero-order valence-electron chi connectivity index (χ0n) is 14.4. The van der Waals surface area contributed by atoms with Gasteiger partial charge < -0.3 is 14.9 Å². The molecule has 1 N–H and O–H groups in total. The molecule has 3 heteroatoms. The van der Waals surface area contributed by atoms with E-state index in [1.807, 2.05) is 40.3 Å². The molecule has 3 nitrogen and oxygen atoms in total. The summed E-state index contributed by atoms with van der Waals surface area (Å²) >= 11 is 0. The lowest BCUT2D eigenvalue weighted by atomic mass is 9.97. The van der Waals surface area contributed by atoms with Gasteiger partial charge in [-0.1, -0.05) is 24.3 Å². The fourth-order valence-electron chi connectivity index (χ4n) is 2.89. The van der Waals surface area contributed by atoms with E-state index in [-0.39, 0.29) is 0 Å². The third-order valence-corrected chi connectivity index (χ3v) is 4.04. The highest BCUT2D eigenvalue weighted by atomic mass is 16.3. The third kappa shape index (κ3) is 3.25. The zero-order valence-corrected chi connectivity index (χ0v) is 14.4. The number of nitrogens with zero attached hydrogens (tertiary/aromatic N) is 2. The first kappa shape index (κ1) is 16.4. The van der Waals surface area contributed by atoms with E-state index >= 15 is 0 Å². The maximum absolute atomic E-state index is 10.7. The average Bonchev–Trinajstić information content (AvgIpc) is 2.45. The van der Waals surface area contributed by atoms with Crippen LogP contribution in [0.2, 0.25) is 0 Å². The Labute approximate surface area is 133 Å². The van der Waals surface area contributed by atoms with E-state index in [9.17, 15) is 5.11 Å². The molecule has 0 radical (unpaired) electrons. The highest BCUT2D eigenvalue weighted by Gasteiger charge is 2.13. The van der Waals surface area contributed by atoms with Gasteiger partial charge in [0.1, 0.15) is 6.10 Å². The Bertz CT molecular complexity index is 605. The second kappa shape index (κ2) is 6.41. The molecule has 0 aliphatic heterocycles. The van der Waals surface area contributed by atoms with Crippen LogP contribution in [0.15, 0.2) is 36.4 Å². The summed E-state index contributed by atoms with van der Waals surface area (Å²) in [7, 11) is 8.12. The predicted molar refractivity (Wildman–Crippen MR) is 95.1 cm³/mol. The molecule has 0 saturated carbocycles. The van der Waals surface area contributed by atoms with Crippen molar-refractivity contribution in [1.82, 2.24) is 0 Å². The highest BCUT2D eigenvalue weighted by Crippen LogP contribution is 2.29. The van der Waals surface area contributed by atoms with Gasteiger partial charge in [0.15, 0.2) is 0 Å². The molecule has 22 heavy (non-hydrogen) atoms. The lowest BCUT2D eigenvalue weighted by Crippen LogP contribution is -2.12. The summed E-state index contributed by atoms with van der Waals surface area (Å²) in [6.07, 6.45) is -0.593. The molecule has 2 aromatic rings. The SMILES string of the molecule is Cc1cc(C(O)c2ccc(N(C)C)c(C)c2)ccc1N(C)C. The van der Waals surface area contributed by atoms with E-state index in [1.165, 1.54) is 22.5 Å². The van der Waals surface area contributed by atoms with Crippen molar-refractivity contribution in [1.29, 1.82) is 0 Å². The lowest BCUT2D eigenvalue weighted by Gasteiger charge is -2.20. The van der Waals surface area contributed by atoms with Crippen molar-refractivity contribution >= 4 is 11.4 Å². The van der Waals surface area contributed by atoms with Crippen LogP contribution in [-0.4, -0.2) is 33.3 Å². The van der Waals surface area contributed by atoms with Crippen LogP contribution >= 0.6 is 0 Å². The van der Waals surface area contributed by atoms with Gasteiger partial charge in [0.25, 0.3) is 0 Å².